The fourth-order valence-electron chi connectivity index (χ4n) is 1.24. The molecule has 16 heavy (non-hydrogen) atoms. The molecule has 1 atom stereocenters. The second kappa shape index (κ2) is 5.22. The van der Waals surface area contributed by atoms with Crippen molar-refractivity contribution in [3.8, 4) is 0 Å². The largest absolute Gasteiger partial charge is 0.396 e. The zero-order chi connectivity index (χ0) is 12.3. The Bertz CT molecular complexity index is 457. The van der Waals surface area contributed by atoms with E-state index in [0.717, 1.165) is 0 Å². The average Bonchev–Trinajstić information content (AvgIpc) is 2.22. The van der Waals surface area contributed by atoms with Gasteiger partial charge in [0.15, 0.2) is 0 Å². The average molecular weight is 291 g/mol. The minimum atomic E-state index is -0.715. The predicted molar refractivity (Wildman–Crippen MR) is 61.3 cm³/mol. The third-order valence-corrected chi connectivity index (χ3v) is 2.48. The van der Waals surface area contributed by atoms with Crippen molar-refractivity contribution in [1.82, 2.24) is 4.57 Å². The first-order valence-corrected chi connectivity index (χ1v) is 5.40. The molecule has 88 valence electrons. The van der Waals surface area contributed by atoms with Gasteiger partial charge in [-0.2, -0.15) is 0 Å². The van der Waals surface area contributed by atoms with Crippen LogP contribution in [-0.4, -0.2) is 21.2 Å². The Morgan fingerprint density at radius 3 is 2.81 bits per heavy atom. The van der Waals surface area contributed by atoms with E-state index in [0.29, 0.717) is 4.47 Å². The molecule has 0 saturated heterocycles. The molecule has 0 aliphatic carbocycles. The standard InChI is InChI=1S/C9H11BrN2O4/c1-6(5-13)3-11-4-7(10)2-8(9(11)14)12(15)16/h2,4,6,13H,3,5H2,1H3. The Morgan fingerprint density at radius 1 is 1.69 bits per heavy atom. The van der Waals surface area contributed by atoms with Gasteiger partial charge in [0.25, 0.3) is 0 Å². The number of halogens is 1. The van der Waals surface area contributed by atoms with Crippen molar-refractivity contribution in [2.45, 2.75) is 13.5 Å². The number of aliphatic hydroxyl groups excluding tert-OH is 1. The van der Waals surface area contributed by atoms with E-state index in [2.05, 4.69) is 15.9 Å². The summed E-state index contributed by atoms with van der Waals surface area (Å²) in [5.41, 5.74) is -1.13. The number of nitro groups is 1. The Hall–Kier alpha value is -1.21. The van der Waals surface area contributed by atoms with Crippen LogP contribution in [0.15, 0.2) is 21.5 Å². The first-order valence-electron chi connectivity index (χ1n) is 4.61. The van der Waals surface area contributed by atoms with Gasteiger partial charge in [-0.05, 0) is 21.8 Å². The summed E-state index contributed by atoms with van der Waals surface area (Å²) in [5.74, 6) is -0.133. The van der Waals surface area contributed by atoms with Gasteiger partial charge in [0.2, 0.25) is 0 Å². The molecule has 0 saturated carbocycles. The van der Waals surface area contributed by atoms with Crippen LogP contribution < -0.4 is 5.56 Å². The number of aromatic nitrogens is 1. The van der Waals surface area contributed by atoms with Gasteiger partial charge in [0.1, 0.15) is 0 Å². The molecular formula is C9H11BrN2O4. The van der Waals surface area contributed by atoms with E-state index >= 15 is 0 Å². The molecule has 0 radical (unpaired) electrons. The maximum atomic E-state index is 11.6. The second-order valence-corrected chi connectivity index (χ2v) is 4.46. The van der Waals surface area contributed by atoms with E-state index in [1.54, 1.807) is 6.92 Å². The van der Waals surface area contributed by atoms with E-state index < -0.39 is 16.2 Å². The summed E-state index contributed by atoms with van der Waals surface area (Å²) in [6.07, 6.45) is 1.47. The predicted octanol–water partition coefficient (Wildman–Crippen LogP) is 1.15. The molecule has 0 aliphatic rings. The molecule has 1 rings (SSSR count). The lowest BCUT2D eigenvalue weighted by Gasteiger charge is -2.10. The first kappa shape index (κ1) is 12.9. The summed E-state index contributed by atoms with van der Waals surface area (Å²) in [4.78, 5) is 21.5. The number of nitrogens with zero attached hydrogens (tertiary/aromatic N) is 2. The lowest BCUT2D eigenvalue weighted by molar-refractivity contribution is -0.386. The van der Waals surface area contributed by atoms with Crippen LogP contribution in [0.5, 0.6) is 0 Å². The zero-order valence-corrected chi connectivity index (χ0v) is 10.2. The fourth-order valence-corrected chi connectivity index (χ4v) is 1.71. The Labute approximate surface area is 99.8 Å². The van der Waals surface area contributed by atoms with Crippen LogP contribution >= 0.6 is 15.9 Å². The Kier molecular flexibility index (Phi) is 4.19. The molecule has 0 aromatic carbocycles. The molecule has 1 N–H and O–H groups in total. The van der Waals surface area contributed by atoms with E-state index in [9.17, 15) is 14.9 Å². The normalized spacial score (nSPS) is 12.4. The summed E-state index contributed by atoms with van der Waals surface area (Å²) in [6.45, 7) is 1.92. The van der Waals surface area contributed by atoms with Gasteiger partial charge in [0, 0.05) is 29.9 Å². The Balaban J connectivity index is 3.19. The molecule has 0 aliphatic heterocycles. The van der Waals surface area contributed by atoms with Gasteiger partial charge in [-0.15, -0.1) is 0 Å². The van der Waals surface area contributed by atoms with Gasteiger partial charge in [-0.1, -0.05) is 6.92 Å². The number of rotatable bonds is 4. The SMILES string of the molecule is CC(CO)Cn1cc(Br)cc([N+](=O)[O-])c1=O. The number of hydrogen-bond donors (Lipinski definition) is 1. The minimum absolute atomic E-state index is 0.0766. The van der Waals surface area contributed by atoms with Crippen LogP contribution in [0.1, 0.15) is 6.92 Å². The van der Waals surface area contributed by atoms with E-state index in [-0.39, 0.29) is 19.1 Å². The molecule has 0 fully saturated rings. The molecule has 0 amide bonds. The summed E-state index contributed by atoms with van der Waals surface area (Å²) in [5, 5.41) is 19.5. The van der Waals surface area contributed by atoms with Crippen molar-refractivity contribution in [3.05, 3.63) is 37.2 Å². The molecule has 1 heterocycles. The van der Waals surface area contributed by atoms with Gasteiger partial charge < -0.3 is 9.67 Å². The highest BCUT2D eigenvalue weighted by atomic mass is 79.9. The lowest BCUT2D eigenvalue weighted by atomic mass is 10.2. The minimum Gasteiger partial charge on any atom is -0.396 e. The van der Waals surface area contributed by atoms with Gasteiger partial charge >= 0.3 is 11.2 Å². The van der Waals surface area contributed by atoms with Crippen LogP contribution in [0.25, 0.3) is 0 Å². The van der Waals surface area contributed by atoms with Gasteiger partial charge in [-0.25, -0.2) is 0 Å². The molecule has 0 bridgehead atoms. The van der Waals surface area contributed by atoms with Crippen molar-refractivity contribution < 1.29 is 10.0 Å². The maximum absolute atomic E-state index is 11.6. The highest BCUT2D eigenvalue weighted by molar-refractivity contribution is 9.10. The molecule has 1 aromatic rings. The van der Waals surface area contributed by atoms with Crippen molar-refractivity contribution in [1.29, 1.82) is 0 Å². The smallest absolute Gasteiger partial charge is 0.335 e. The third-order valence-electron chi connectivity index (χ3n) is 2.05. The van der Waals surface area contributed by atoms with Gasteiger partial charge in [-0.3, -0.25) is 14.9 Å². The summed E-state index contributed by atoms with van der Waals surface area (Å²) in [7, 11) is 0. The number of hydrogen-bond acceptors (Lipinski definition) is 4. The summed E-state index contributed by atoms with van der Waals surface area (Å²) >= 11 is 3.10. The van der Waals surface area contributed by atoms with Crippen LogP contribution in [0, 0.1) is 16.0 Å². The summed E-state index contributed by atoms with van der Waals surface area (Å²) in [6, 6.07) is 1.17. The molecule has 6 nitrogen and oxygen atoms in total. The monoisotopic (exact) mass is 290 g/mol. The van der Waals surface area contributed by atoms with Gasteiger partial charge in [0.05, 0.1) is 4.92 Å². The molecule has 1 aromatic heterocycles. The maximum Gasteiger partial charge on any atom is 0.335 e. The molecule has 0 spiro atoms. The topological polar surface area (TPSA) is 85.4 Å². The van der Waals surface area contributed by atoms with Crippen LogP contribution in [0.2, 0.25) is 0 Å². The van der Waals surface area contributed by atoms with Crippen molar-refractivity contribution in [3.63, 3.8) is 0 Å². The number of aliphatic hydroxyl groups is 1. The highest BCUT2D eigenvalue weighted by Gasteiger charge is 2.16. The highest BCUT2D eigenvalue weighted by Crippen LogP contribution is 2.14. The van der Waals surface area contributed by atoms with Crippen molar-refractivity contribution >= 4 is 21.6 Å². The van der Waals surface area contributed by atoms with E-state index in [1.807, 2.05) is 0 Å². The Morgan fingerprint density at radius 2 is 2.31 bits per heavy atom. The molecular weight excluding hydrogens is 280 g/mol. The quantitative estimate of drug-likeness (QED) is 0.666. The van der Waals surface area contributed by atoms with Crippen LogP contribution in [-0.2, 0) is 6.54 Å². The second-order valence-electron chi connectivity index (χ2n) is 3.55. The fraction of sp³-hybridized carbons (Fsp3) is 0.444. The van der Waals surface area contributed by atoms with Crippen molar-refractivity contribution in [2.75, 3.05) is 6.61 Å². The van der Waals surface area contributed by atoms with E-state index in [1.165, 1.54) is 16.8 Å². The first-order chi connectivity index (χ1) is 7.45. The number of pyridine rings is 1. The van der Waals surface area contributed by atoms with Crippen molar-refractivity contribution in [2.24, 2.45) is 5.92 Å². The van der Waals surface area contributed by atoms with Crippen LogP contribution in [0.3, 0.4) is 0 Å². The summed E-state index contributed by atoms with van der Waals surface area (Å²) < 4.78 is 1.69. The molecule has 7 heteroatoms. The zero-order valence-electron chi connectivity index (χ0n) is 8.59. The van der Waals surface area contributed by atoms with Crippen LogP contribution in [0.4, 0.5) is 5.69 Å². The lowest BCUT2D eigenvalue weighted by Crippen LogP contribution is -2.25. The third kappa shape index (κ3) is 2.89. The van der Waals surface area contributed by atoms with E-state index in [4.69, 9.17) is 5.11 Å². The molecule has 1 unspecified atom stereocenters.